The highest BCUT2D eigenvalue weighted by Crippen LogP contribution is 2.21. The summed E-state index contributed by atoms with van der Waals surface area (Å²) in [6.07, 6.45) is 1.25. The van der Waals surface area contributed by atoms with Crippen molar-refractivity contribution >= 4 is 11.8 Å². The van der Waals surface area contributed by atoms with E-state index in [-0.39, 0.29) is 19.1 Å². The zero-order valence-electron chi connectivity index (χ0n) is 13.2. The molecule has 0 atom stereocenters. The molecule has 0 saturated carbocycles. The number of benzene rings is 1. The maximum absolute atomic E-state index is 12.1. The Labute approximate surface area is 139 Å². The third kappa shape index (κ3) is 3.99. The van der Waals surface area contributed by atoms with Crippen molar-refractivity contribution in [2.45, 2.75) is 19.4 Å². The zero-order chi connectivity index (χ0) is 16.9. The first-order valence-electron chi connectivity index (χ1n) is 7.77. The fourth-order valence-electron chi connectivity index (χ4n) is 2.64. The lowest BCUT2D eigenvalue weighted by atomic mass is 10.1. The van der Waals surface area contributed by atoms with Crippen LogP contribution in [0.2, 0.25) is 0 Å². The van der Waals surface area contributed by atoms with Crippen LogP contribution in [0.5, 0.6) is 0 Å². The van der Waals surface area contributed by atoms with Crippen molar-refractivity contribution < 1.29 is 18.7 Å². The number of amides is 2. The van der Waals surface area contributed by atoms with E-state index in [4.69, 9.17) is 14.9 Å². The Morgan fingerprint density at radius 2 is 2.04 bits per heavy atom. The first-order chi connectivity index (χ1) is 11.6. The molecule has 0 saturated heterocycles. The van der Waals surface area contributed by atoms with E-state index in [9.17, 15) is 9.59 Å². The predicted molar refractivity (Wildman–Crippen MR) is 84.9 cm³/mol. The van der Waals surface area contributed by atoms with Gasteiger partial charge in [0, 0.05) is 19.4 Å². The monoisotopic (exact) mass is 329 g/mol. The van der Waals surface area contributed by atoms with Gasteiger partial charge >= 0.3 is 0 Å². The zero-order valence-corrected chi connectivity index (χ0v) is 13.2. The average molecular weight is 329 g/mol. The molecule has 0 fully saturated rings. The van der Waals surface area contributed by atoms with Crippen LogP contribution in [0.1, 0.15) is 22.9 Å². The maximum atomic E-state index is 12.1. The molecule has 3 rings (SSSR count). The number of hydrogen-bond donors (Lipinski definition) is 1. The first kappa shape index (κ1) is 16.2. The third-order valence-electron chi connectivity index (χ3n) is 3.79. The second-order valence-corrected chi connectivity index (χ2v) is 5.66. The molecule has 0 bridgehead atoms. The molecule has 1 aliphatic heterocycles. The highest BCUT2D eigenvalue weighted by Gasteiger charge is 2.25. The normalized spacial score (nSPS) is 13.6. The van der Waals surface area contributed by atoms with Gasteiger partial charge in [0.1, 0.15) is 24.7 Å². The number of nitrogens with zero attached hydrogens (tertiary/aromatic N) is 2. The van der Waals surface area contributed by atoms with Crippen LogP contribution in [0.4, 0.5) is 0 Å². The highest BCUT2D eigenvalue weighted by molar-refractivity contribution is 5.79. The van der Waals surface area contributed by atoms with Crippen LogP contribution in [0, 0.1) is 0 Å². The van der Waals surface area contributed by atoms with E-state index in [1.165, 1.54) is 0 Å². The minimum absolute atomic E-state index is 0.160. The lowest BCUT2D eigenvalue weighted by Crippen LogP contribution is -2.38. The van der Waals surface area contributed by atoms with Gasteiger partial charge in [-0.3, -0.25) is 9.59 Å². The van der Waals surface area contributed by atoms with E-state index >= 15 is 0 Å². The number of carbonyl (C=O) groups excluding carboxylic acids is 2. The number of ether oxygens (including phenoxy) is 1. The van der Waals surface area contributed by atoms with E-state index in [0.29, 0.717) is 31.8 Å². The summed E-state index contributed by atoms with van der Waals surface area (Å²) in [4.78, 5) is 28.9. The topological polar surface area (TPSA) is 98.7 Å². The number of nitrogens with two attached hydrogens (primary N) is 1. The van der Waals surface area contributed by atoms with Gasteiger partial charge in [0.2, 0.25) is 11.8 Å². The van der Waals surface area contributed by atoms with Crippen LogP contribution in [-0.4, -0.2) is 41.5 Å². The smallest absolute Gasteiger partial charge is 0.248 e. The summed E-state index contributed by atoms with van der Waals surface area (Å²) in [5, 5.41) is 0. The van der Waals surface area contributed by atoms with Crippen molar-refractivity contribution in [1.29, 1.82) is 0 Å². The molecule has 1 aromatic heterocycles. The maximum Gasteiger partial charge on any atom is 0.248 e. The summed E-state index contributed by atoms with van der Waals surface area (Å²) in [5.41, 5.74) is 6.89. The summed E-state index contributed by atoms with van der Waals surface area (Å²) < 4.78 is 10.8. The second kappa shape index (κ2) is 7.27. The van der Waals surface area contributed by atoms with E-state index in [1.54, 1.807) is 4.90 Å². The molecule has 0 aliphatic carbocycles. The van der Waals surface area contributed by atoms with Crippen molar-refractivity contribution in [2.75, 3.05) is 19.8 Å². The molecule has 24 heavy (non-hydrogen) atoms. The number of oxazole rings is 1. The molecule has 126 valence electrons. The quantitative estimate of drug-likeness (QED) is 0.839. The van der Waals surface area contributed by atoms with Crippen LogP contribution in [-0.2, 0) is 33.7 Å². The number of fused-ring (bicyclic) bond motifs is 1. The van der Waals surface area contributed by atoms with Crippen molar-refractivity contribution in [3.63, 3.8) is 0 Å². The number of primary amides is 1. The molecule has 1 aliphatic rings. The Morgan fingerprint density at radius 1 is 1.25 bits per heavy atom. The second-order valence-electron chi connectivity index (χ2n) is 5.66. The van der Waals surface area contributed by atoms with Crippen molar-refractivity contribution in [3.05, 3.63) is 53.2 Å². The Hall–Kier alpha value is -2.67. The molecule has 7 heteroatoms. The molecule has 0 radical (unpaired) electrons. The van der Waals surface area contributed by atoms with Gasteiger partial charge in [-0.05, 0) is 5.56 Å². The van der Waals surface area contributed by atoms with Crippen molar-refractivity contribution in [1.82, 2.24) is 9.88 Å². The van der Waals surface area contributed by atoms with Crippen LogP contribution in [0.3, 0.4) is 0 Å². The molecular weight excluding hydrogens is 310 g/mol. The molecule has 2 heterocycles. The van der Waals surface area contributed by atoms with Crippen LogP contribution >= 0.6 is 0 Å². The SMILES string of the molecule is NC(=O)COCC(=O)N1CCc2oc(Cc3ccccc3)nc2C1. The number of rotatable bonds is 6. The van der Waals surface area contributed by atoms with E-state index in [0.717, 1.165) is 17.0 Å². The Kier molecular flexibility index (Phi) is 4.90. The molecular formula is C17H19N3O4. The van der Waals surface area contributed by atoms with Crippen LogP contribution in [0.25, 0.3) is 0 Å². The Bertz CT molecular complexity index is 727. The van der Waals surface area contributed by atoms with Crippen molar-refractivity contribution in [3.8, 4) is 0 Å². The number of aromatic nitrogens is 1. The summed E-state index contributed by atoms with van der Waals surface area (Å²) in [6, 6.07) is 9.97. The summed E-state index contributed by atoms with van der Waals surface area (Å²) in [5.74, 6) is 0.716. The van der Waals surface area contributed by atoms with Gasteiger partial charge in [-0.1, -0.05) is 30.3 Å². The third-order valence-corrected chi connectivity index (χ3v) is 3.79. The van der Waals surface area contributed by atoms with E-state index in [2.05, 4.69) is 4.98 Å². The average Bonchev–Trinajstić information content (AvgIpc) is 2.96. The standard InChI is InChI=1S/C17H19N3O4/c18-15(21)10-23-11-17(22)20-7-6-14-13(9-20)19-16(24-14)8-12-4-2-1-3-5-12/h1-5H,6-11H2,(H2,18,21). The van der Waals surface area contributed by atoms with E-state index in [1.807, 2.05) is 30.3 Å². The molecule has 0 spiro atoms. The van der Waals surface area contributed by atoms with Gasteiger partial charge in [0.05, 0.1) is 6.54 Å². The fourth-order valence-corrected chi connectivity index (χ4v) is 2.64. The number of hydrogen-bond acceptors (Lipinski definition) is 5. The molecule has 2 N–H and O–H groups in total. The van der Waals surface area contributed by atoms with Gasteiger partial charge in [-0.15, -0.1) is 0 Å². The van der Waals surface area contributed by atoms with Gasteiger partial charge < -0.3 is 19.8 Å². The highest BCUT2D eigenvalue weighted by atomic mass is 16.5. The van der Waals surface area contributed by atoms with Gasteiger partial charge in [0.25, 0.3) is 0 Å². The van der Waals surface area contributed by atoms with Gasteiger partial charge in [-0.2, -0.15) is 0 Å². The molecule has 1 aromatic carbocycles. The predicted octanol–water partition coefficient (Wildman–Crippen LogP) is 0.652. The Balaban J connectivity index is 1.59. The fraction of sp³-hybridized carbons (Fsp3) is 0.353. The van der Waals surface area contributed by atoms with Gasteiger partial charge in [0.15, 0.2) is 5.89 Å². The lowest BCUT2D eigenvalue weighted by Gasteiger charge is -2.25. The number of carbonyl (C=O) groups is 2. The van der Waals surface area contributed by atoms with E-state index < -0.39 is 5.91 Å². The van der Waals surface area contributed by atoms with Crippen molar-refractivity contribution in [2.24, 2.45) is 5.73 Å². The molecule has 2 amide bonds. The van der Waals surface area contributed by atoms with Crippen LogP contribution in [0.15, 0.2) is 34.7 Å². The van der Waals surface area contributed by atoms with Gasteiger partial charge in [-0.25, -0.2) is 4.98 Å². The molecule has 2 aromatic rings. The minimum atomic E-state index is -0.592. The minimum Gasteiger partial charge on any atom is -0.445 e. The molecule has 7 nitrogen and oxygen atoms in total. The summed E-state index contributed by atoms with van der Waals surface area (Å²) in [6.45, 7) is 0.529. The molecule has 0 unspecified atom stereocenters. The lowest BCUT2D eigenvalue weighted by molar-refractivity contribution is -0.138. The Morgan fingerprint density at radius 3 is 2.79 bits per heavy atom. The first-order valence-corrected chi connectivity index (χ1v) is 7.77. The summed E-state index contributed by atoms with van der Waals surface area (Å²) >= 11 is 0. The van der Waals surface area contributed by atoms with Crippen LogP contribution < -0.4 is 5.73 Å². The largest absolute Gasteiger partial charge is 0.445 e. The summed E-state index contributed by atoms with van der Waals surface area (Å²) in [7, 11) is 0.